The van der Waals surface area contributed by atoms with Gasteiger partial charge in [0.05, 0.1) is 19.8 Å². The molecule has 1 saturated carbocycles. The van der Waals surface area contributed by atoms with Crippen LogP contribution in [0.5, 0.6) is 0 Å². The fourth-order valence-electron chi connectivity index (χ4n) is 3.21. The Morgan fingerprint density at radius 2 is 1.96 bits per heavy atom. The standard InChI is InChI=1S/C16H23N3O3S/c20-14(17-11-13-3-1-10-23-13)15(21)18-12-16(4-2-5-16)19-6-8-22-9-7-19/h1,3,10H,2,4-9,11-12H2,(H,17,20)(H,18,21). The van der Waals surface area contributed by atoms with E-state index in [1.54, 1.807) is 11.3 Å². The third kappa shape index (κ3) is 3.91. The summed E-state index contributed by atoms with van der Waals surface area (Å²) in [5.41, 5.74) is 0.0213. The fraction of sp³-hybridized carbons (Fsp3) is 0.625. The van der Waals surface area contributed by atoms with E-state index in [9.17, 15) is 9.59 Å². The Morgan fingerprint density at radius 3 is 2.57 bits per heavy atom. The lowest BCUT2D eigenvalue weighted by molar-refractivity contribution is -0.140. The normalized spacial score (nSPS) is 20.5. The van der Waals surface area contributed by atoms with Crippen LogP contribution in [0.2, 0.25) is 0 Å². The van der Waals surface area contributed by atoms with Gasteiger partial charge in [-0.2, -0.15) is 0 Å². The van der Waals surface area contributed by atoms with E-state index in [1.165, 1.54) is 6.42 Å². The Balaban J connectivity index is 1.46. The maximum atomic E-state index is 12.0. The first-order valence-corrected chi connectivity index (χ1v) is 8.99. The second-order valence-electron chi connectivity index (χ2n) is 6.12. The average Bonchev–Trinajstić information content (AvgIpc) is 3.06. The SMILES string of the molecule is O=C(NCc1cccs1)C(=O)NCC1(N2CCOCC2)CCC1. The van der Waals surface area contributed by atoms with Crippen molar-refractivity contribution in [2.24, 2.45) is 0 Å². The number of nitrogens with zero attached hydrogens (tertiary/aromatic N) is 1. The average molecular weight is 337 g/mol. The molecule has 0 atom stereocenters. The minimum atomic E-state index is -0.560. The summed E-state index contributed by atoms with van der Waals surface area (Å²) < 4.78 is 5.40. The summed E-state index contributed by atoms with van der Waals surface area (Å²) >= 11 is 1.56. The highest BCUT2D eigenvalue weighted by molar-refractivity contribution is 7.09. The van der Waals surface area contributed by atoms with Gasteiger partial charge in [-0.05, 0) is 30.7 Å². The van der Waals surface area contributed by atoms with Crippen molar-refractivity contribution in [3.8, 4) is 0 Å². The zero-order chi connectivity index (χ0) is 16.1. The first-order chi connectivity index (χ1) is 11.2. The molecule has 0 spiro atoms. The van der Waals surface area contributed by atoms with Crippen LogP contribution in [0.4, 0.5) is 0 Å². The maximum Gasteiger partial charge on any atom is 0.309 e. The second-order valence-corrected chi connectivity index (χ2v) is 7.15. The number of morpholine rings is 1. The lowest BCUT2D eigenvalue weighted by Gasteiger charge is -2.51. The lowest BCUT2D eigenvalue weighted by Crippen LogP contribution is -2.63. The number of carbonyl (C=O) groups is 2. The van der Waals surface area contributed by atoms with Crippen LogP contribution in [0.15, 0.2) is 17.5 Å². The number of nitrogens with one attached hydrogen (secondary N) is 2. The molecule has 0 unspecified atom stereocenters. The Hall–Kier alpha value is -1.44. The summed E-state index contributed by atoms with van der Waals surface area (Å²) in [5.74, 6) is -1.10. The van der Waals surface area contributed by atoms with Crippen LogP contribution >= 0.6 is 11.3 Å². The lowest BCUT2D eigenvalue weighted by atomic mass is 9.75. The van der Waals surface area contributed by atoms with E-state index in [1.807, 2.05) is 17.5 Å². The van der Waals surface area contributed by atoms with E-state index < -0.39 is 11.8 Å². The molecule has 1 aliphatic carbocycles. The fourth-order valence-corrected chi connectivity index (χ4v) is 3.86. The van der Waals surface area contributed by atoms with Crippen molar-refractivity contribution in [1.29, 1.82) is 0 Å². The predicted molar refractivity (Wildman–Crippen MR) is 88.1 cm³/mol. The van der Waals surface area contributed by atoms with Gasteiger partial charge in [-0.15, -0.1) is 11.3 Å². The van der Waals surface area contributed by atoms with E-state index >= 15 is 0 Å². The smallest absolute Gasteiger partial charge is 0.309 e. The van der Waals surface area contributed by atoms with Crippen LogP contribution < -0.4 is 10.6 Å². The van der Waals surface area contributed by atoms with Crippen LogP contribution in [0.1, 0.15) is 24.1 Å². The van der Waals surface area contributed by atoms with Gasteiger partial charge in [-0.25, -0.2) is 0 Å². The van der Waals surface area contributed by atoms with Crippen molar-refractivity contribution in [2.45, 2.75) is 31.3 Å². The van der Waals surface area contributed by atoms with E-state index in [0.717, 1.165) is 44.0 Å². The van der Waals surface area contributed by atoms with Crippen LogP contribution in [-0.4, -0.2) is 55.1 Å². The first kappa shape index (κ1) is 16.4. The van der Waals surface area contributed by atoms with Gasteiger partial charge in [0, 0.05) is 30.1 Å². The predicted octanol–water partition coefficient (Wildman–Crippen LogP) is 0.735. The zero-order valence-electron chi connectivity index (χ0n) is 13.2. The van der Waals surface area contributed by atoms with Gasteiger partial charge in [0.1, 0.15) is 0 Å². The molecule has 23 heavy (non-hydrogen) atoms. The van der Waals surface area contributed by atoms with Gasteiger partial charge in [0.25, 0.3) is 0 Å². The van der Waals surface area contributed by atoms with E-state index in [2.05, 4.69) is 15.5 Å². The molecular formula is C16H23N3O3S. The van der Waals surface area contributed by atoms with Crippen molar-refractivity contribution in [3.63, 3.8) is 0 Å². The minimum absolute atomic E-state index is 0.0213. The summed E-state index contributed by atoms with van der Waals surface area (Å²) in [6.45, 7) is 4.24. The quantitative estimate of drug-likeness (QED) is 0.778. The Labute approximate surface area is 140 Å². The molecule has 2 N–H and O–H groups in total. The number of thiophene rings is 1. The largest absolute Gasteiger partial charge is 0.379 e. The number of amides is 2. The van der Waals surface area contributed by atoms with Crippen LogP contribution in [0.3, 0.4) is 0 Å². The van der Waals surface area contributed by atoms with Gasteiger partial charge >= 0.3 is 11.8 Å². The molecule has 126 valence electrons. The van der Waals surface area contributed by atoms with Crippen molar-refractivity contribution >= 4 is 23.2 Å². The Kier molecular flexibility index (Phi) is 5.30. The van der Waals surface area contributed by atoms with Crippen molar-refractivity contribution in [1.82, 2.24) is 15.5 Å². The van der Waals surface area contributed by atoms with Crippen LogP contribution in [0, 0.1) is 0 Å². The first-order valence-electron chi connectivity index (χ1n) is 8.11. The zero-order valence-corrected chi connectivity index (χ0v) is 14.0. The van der Waals surface area contributed by atoms with Gasteiger partial charge in [-0.3, -0.25) is 14.5 Å². The van der Waals surface area contributed by atoms with E-state index in [0.29, 0.717) is 13.1 Å². The maximum absolute atomic E-state index is 12.0. The highest BCUT2D eigenvalue weighted by Crippen LogP contribution is 2.37. The molecule has 2 aliphatic rings. The summed E-state index contributed by atoms with van der Waals surface area (Å²) in [6, 6.07) is 3.86. The van der Waals surface area contributed by atoms with Gasteiger partial charge in [0.2, 0.25) is 0 Å². The molecule has 0 radical (unpaired) electrons. The molecule has 2 fully saturated rings. The molecule has 2 amide bonds. The van der Waals surface area contributed by atoms with Gasteiger partial charge in [-0.1, -0.05) is 6.07 Å². The molecule has 0 aromatic carbocycles. The van der Waals surface area contributed by atoms with Crippen LogP contribution in [0.25, 0.3) is 0 Å². The molecule has 6 nitrogen and oxygen atoms in total. The highest BCUT2D eigenvalue weighted by Gasteiger charge is 2.43. The van der Waals surface area contributed by atoms with Gasteiger partial charge in [0.15, 0.2) is 0 Å². The molecular weight excluding hydrogens is 314 g/mol. The Morgan fingerprint density at radius 1 is 1.22 bits per heavy atom. The van der Waals surface area contributed by atoms with E-state index in [4.69, 9.17) is 4.74 Å². The third-order valence-electron chi connectivity index (χ3n) is 4.75. The summed E-state index contributed by atoms with van der Waals surface area (Å²) in [7, 11) is 0. The molecule has 1 aromatic heterocycles. The molecule has 2 heterocycles. The topological polar surface area (TPSA) is 70.7 Å². The third-order valence-corrected chi connectivity index (χ3v) is 5.63. The van der Waals surface area contributed by atoms with Crippen molar-refractivity contribution in [2.75, 3.05) is 32.8 Å². The minimum Gasteiger partial charge on any atom is -0.379 e. The van der Waals surface area contributed by atoms with Crippen molar-refractivity contribution in [3.05, 3.63) is 22.4 Å². The number of ether oxygens (including phenoxy) is 1. The van der Waals surface area contributed by atoms with Crippen LogP contribution in [-0.2, 0) is 20.9 Å². The Bertz CT molecular complexity index is 537. The molecule has 3 rings (SSSR count). The van der Waals surface area contributed by atoms with E-state index in [-0.39, 0.29) is 5.54 Å². The molecule has 7 heteroatoms. The van der Waals surface area contributed by atoms with Gasteiger partial charge < -0.3 is 15.4 Å². The molecule has 1 saturated heterocycles. The summed E-state index contributed by atoms with van der Waals surface area (Å²) in [4.78, 5) is 27.3. The molecule has 1 aliphatic heterocycles. The number of carbonyl (C=O) groups excluding carboxylic acids is 2. The summed E-state index contributed by atoms with van der Waals surface area (Å²) in [6.07, 6.45) is 3.33. The number of hydrogen-bond donors (Lipinski definition) is 2. The highest BCUT2D eigenvalue weighted by atomic mass is 32.1. The second kappa shape index (κ2) is 7.42. The number of rotatable bonds is 5. The number of hydrogen-bond acceptors (Lipinski definition) is 5. The molecule has 1 aromatic rings. The summed E-state index contributed by atoms with van der Waals surface area (Å²) in [5, 5.41) is 7.43. The van der Waals surface area contributed by atoms with Crippen molar-refractivity contribution < 1.29 is 14.3 Å². The monoisotopic (exact) mass is 337 g/mol. The molecule has 0 bridgehead atoms.